The predicted molar refractivity (Wildman–Crippen MR) is 120 cm³/mol. The highest BCUT2D eigenvalue weighted by atomic mass is 19.1. The lowest BCUT2D eigenvalue weighted by Gasteiger charge is -2.33. The van der Waals surface area contributed by atoms with Crippen LogP contribution in [0.4, 0.5) is 10.2 Å². The molecule has 0 aliphatic carbocycles. The molecule has 0 spiro atoms. The standard InChI is InChI=1S/C25H27FN4O/c1-17-8-10-19(11-9-17)18(2)28-25(31)21-6-4-14-30(16-21)23-12-13-27-24(29-23)20-5-3-7-22(26)15-20/h3,5,7-13,15,18,21H,4,6,14,16H2,1-2H3,(H,28,31)/t18-,21+/m1/s1. The van der Waals surface area contributed by atoms with Crippen molar-refractivity contribution in [3.05, 3.63) is 77.7 Å². The van der Waals surface area contributed by atoms with Crippen molar-refractivity contribution in [3.8, 4) is 11.4 Å². The van der Waals surface area contributed by atoms with E-state index in [-0.39, 0.29) is 23.7 Å². The molecule has 31 heavy (non-hydrogen) atoms. The molecule has 1 fully saturated rings. The maximum absolute atomic E-state index is 13.6. The minimum atomic E-state index is -0.316. The molecule has 1 aliphatic heterocycles. The molecular formula is C25H27FN4O. The van der Waals surface area contributed by atoms with E-state index >= 15 is 0 Å². The number of carbonyl (C=O) groups is 1. The zero-order valence-corrected chi connectivity index (χ0v) is 17.9. The summed E-state index contributed by atoms with van der Waals surface area (Å²) in [5, 5.41) is 3.16. The highest BCUT2D eigenvalue weighted by Gasteiger charge is 2.27. The van der Waals surface area contributed by atoms with E-state index in [0.29, 0.717) is 17.9 Å². The molecule has 1 N–H and O–H groups in total. The Morgan fingerprint density at radius 3 is 2.77 bits per heavy atom. The van der Waals surface area contributed by atoms with Gasteiger partial charge >= 0.3 is 0 Å². The normalized spacial score (nSPS) is 17.3. The van der Waals surface area contributed by atoms with E-state index in [1.54, 1.807) is 18.3 Å². The first kappa shape index (κ1) is 21.0. The third kappa shape index (κ3) is 5.08. The third-order valence-corrected chi connectivity index (χ3v) is 5.78. The number of benzene rings is 2. The summed E-state index contributed by atoms with van der Waals surface area (Å²) in [6, 6.07) is 16.3. The lowest BCUT2D eigenvalue weighted by Crippen LogP contribution is -2.44. The molecule has 5 nitrogen and oxygen atoms in total. The van der Waals surface area contributed by atoms with Gasteiger partial charge in [-0.3, -0.25) is 4.79 Å². The smallest absolute Gasteiger partial charge is 0.225 e. The number of nitrogens with zero attached hydrogens (tertiary/aromatic N) is 3. The fourth-order valence-electron chi connectivity index (χ4n) is 3.96. The minimum absolute atomic E-state index is 0.0397. The number of anilines is 1. The van der Waals surface area contributed by atoms with Gasteiger partial charge in [-0.05, 0) is 50.5 Å². The number of hydrogen-bond donors (Lipinski definition) is 1. The van der Waals surface area contributed by atoms with Crippen LogP contribution in [-0.4, -0.2) is 29.0 Å². The third-order valence-electron chi connectivity index (χ3n) is 5.78. The van der Waals surface area contributed by atoms with Gasteiger partial charge in [0.1, 0.15) is 11.6 Å². The van der Waals surface area contributed by atoms with Gasteiger partial charge in [-0.2, -0.15) is 0 Å². The van der Waals surface area contributed by atoms with Crippen LogP contribution >= 0.6 is 0 Å². The van der Waals surface area contributed by atoms with Crippen LogP contribution in [0.1, 0.15) is 36.9 Å². The van der Waals surface area contributed by atoms with E-state index in [0.717, 1.165) is 30.8 Å². The van der Waals surface area contributed by atoms with Crippen molar-refractivity contribution >= 4 is 11.7 Å². The van der Waals surface area contributed by atoms with Crippen LogP contribution in [0.3, 0.4) is 0 Å². The molecule has 1 aliphatic rings. The number of carbonyl (C=O) groups excluding carboxylic acids is 1. The summed E-state index contributed by atoms with van der Waals surface area (Å²) in [6.07, 6.45) is 3.45. The van der Waals surface area contributed by atoms with Crippen molar-refractivity contribution in [2.75, 3.05) is 18.0 Å². The average Bonchev–Trinajstić information content (AvgIpc) is 2.79. The summed E-state index contributed by atoms with van der Waals surface area (Å²) in [5.74, 6) is 0.894. The second kappa shape index (κ2) is 9.25. The Balaban J connectivity index is 1.44. The summed E-state index contributed by atoms with van der Waals surface area (Å²) in [5.41, 5.74) is 2.94. The van der Waals surface area contributed by atoms with Crippen LogP contribution in [0, 0.1) is 18.7 Å². The van der Waals surface area contributed by atoms with Crippen molar-refractivity contribution in [3.63, 3.8) is 0 Å². The summed E-state index contributed by atoms with van der Waals surface area (Å²) >= 11 is 0. The number of piperidine rings is 1. The fourth-order valence-corrected chi connectivity index (χ4v) is 3.96. The molecule has 2 heterocycles. The van der Waals surface area contributed by atoms with Gasteiger partial charge in [0, 0.05) is 24.8 Å². The van der Waals surface area contributed by atoms with Crippen LogP contribution in [0.25, 0.3) is 11.4 Å². The Morgan fingerprint density at radius 2 is 2.00 bits per heavy atom. The van der Waals surface area contributed by atoms with Crippen LogP contribution < -0.4 is 10.2 Å². The lowest BCUT2D eigenvalue weighted by atomic mass is 9.96. The first-order chi connectivity index (χ1) is 15.0. The summed E-state index contributed by atoms with van der Waals surface area (Å²) < 4.78 is 13.6. The average molecular weight is 419 g/mol. The van der Waals surface area contributed by atoms with Crippen molar-refractivity contribution in [1.29, 1.82) is 0 Å². The number of hydrogen-bond acceptors (Lipinski definition) is 4. The number of nitrogens with one attached hydrogen (secondary N) is 1. The number of amides is 1. The molecule has 6 heteroatoms. The monoisotopic (exact) mass is 418 g/mol. The van der Waals surface area contributed by atoms with E-state index in [4.69, 9.17) is 0 Å². The number of aromatic nitrogens is 2. The van der Waals surface area contributed by atoms with Gasteiger partial charge in [0.15, 0.2) is 5.82 Å². The first-order valence-corrected chi connectivity index (χ1v) is 10.7. The topological polar surface area (TPSA) is 58.1 Å². The summed E-state index contributed by atoms with van der Waals surface area (Å²) in [7, 11) is 0. The van der Waals surface area contributed by atoms with Gasteiger partial charge in [-0.15, -0.1) is 0 Å². The van der Waals surface area contributed by atoms with E-state index in [9.17, 15) is 9.18 Å². The van der Waals surface area contributed by atoms with Gasteiger partial charge in [0.05, 0.1) is 12.0 Å². The maximum Gasteiger partial charge on any atom is 0.225 e. The zero-order valence-electron chi connectivity index (χ0n) is 17.9. The Hall–Kier alpha value is -3.28. The molecule has 1 saturated heterocycles. The van der Waals surface area contributed by atoms with Gasteiger partial charge in [0.25, 0.3) is 0 Å². The van der Waals surface area contributed by atoms with E-state index < -0.39 is 0 Å². The highest BCUT2D eigenvalue weighted by molar-refractivity contribution is 5.80. The molecule has 0 unspecified atom stereocenters. The van der Waals surface area contributed by atoms with E-state index in [1.807, 2.05) is 13.0 Å². The molecule has 0 radical (unpaired) electrons. The zero-order chi connectivity index (χ0) is 21.8. The molecule has 1 amide bonds. The van der Waals surface area contributed by atoms with Gasteiger partial charge in [0.2, 0.25) is 5.91 Å². The van der Waals surface area contributed by atoms with Crippen molar-refractivity contribution in [2.24, 2.45) is 5.92 Å². The summed E-state index contributed by atoms with van der Waals surface area (Å²) in [4.78, 5) is 24.0. The second-order valence-corrected chi connectivity index (χ2v) is 8.17. The largest absolute Gasteiger partial charge is 0.356 e. The molecule has 160 valence electrons. The van der Waals surface area contributed by atoms with Crippen LogP contribution in [0.2, 0.25) is 0 Å². The highest BCUT2D eigenvalue weighted by Crippen LogP contribution is 2.25. The molecule has 4 rings (SSSR count). The van der Waals surface area contributed by atoms with Crippen molar-refractivity contribution in [1.82, 2.24) is 15.3 Å². The second-order valence-electron chi connectivity index (χ2n) is 8.17. The quantitative estimate of drug-likeness (QED) is 0.653. The molecule has 0 saturated carbocycles. The molecular weight excluding hydrogens is 391 g/mol. The molecule has 2 aromatic carbocycles. The fraction of sp³-hybridized carbons (Fsp3) is 0.320. The molecule has 0 bridgehead atoms. The Morgan fingerprint density at radius 1 is 1.19 bits per heavy atom. The number of rotatable bonds is 5. The van der Waals surface area contributed by atoms with Crippen LogP contribution in [0.15, 0.2) is 60.8 Å². The molecule has 2 atom stereocenters. The SMILES string of the molecule is Cc1ccc([C@@H](C)NC(=O)[C@H]2CCCN(c3ccnc(-c4cccc(F)c4)n3)C2)cc1. The first-order valence-electron chi connectivity index (χ1n) is 10.7. The van der Waals surface area contributed by atoms with Crippen molar-refractivity contribution in [2.45, 2.75) is 32.7 Å². The van der Waals surface area contributed by atoms with Gasteiger partial charge in [-0.25, -0.2) is 14.4 Å². The van der Waals surface area contributed by atoms with Gasteiger partial charge in [-0.1, -0.05) is 42.0 Å². The Labute approximate surface area is 182 Å². The lowest BCUT2D eigenvalue weighted by molar-refractivity contribution is -0.125. The van der Waals surface area contributed by atoms with E-state index in [2.05, 4.69) is 51.4 Å². The van der Waals surface area contributed by atoms with Gasteiger partial charge < -0.3 is 10.2 Å². The summed E-state index contributed by atoms with van der Waals surface area (Å²) in [6.45, 7) is 5.50. The minimum Gasteiger partial charge on any atom is -0.356 e. The predicted octanol–water partition coefficient (Wildman–Crippen LogP) is 4.68. The van der Waals surface area contributed by atoms with Crippen LogP contribution in [-0.2, 0) is 4.79 Å². The number of aryl methyl sites for hydroxylation is 1. The Kier molecular flexibility index (Phi) is 6.26. The maximum atomic E-state index is 13.6. The van der Waals surface area contributed by atoms with Crippen LogP contribution in [0.5, 0.6) is 0 Å². The molecule has 3 aromatic rings. The van der Waals surface area contributed by atoms with Crippen molar-refractivity contribution < 1.29 is 9.18 Å². The van der Waals surface area contributed by atoms with E-state index in [1.165, 1.54) is 17.7 Å². The molecule has 1 aromatic heterocycles. The Bertz CT molecular complexity index is 1050. The number of halogens is 1.